The lowest BCUT2D eigenvalue weighted by atomic mass is 10.2. The molecule has 170 valence electrons. The number of likely N-dealkylation sites (tertiary alicyclic amines) is 1. The number of rotatable bonds is 9. The fourth-order valence-corrected chi connectivity index (χ4v) is 3.55. The van der Waals surface area contributed by atoms with Crippen molar-refractivity contribution in [3.05, 3.63) is 54.1 Å². The summed E-state index contributed by atoms with van der Waals surface area (Å²) in [6, 6.07) is 16.2. The zero-order valence-corrected chi connectivity index (χ0v) is 20.8. The molecular formula is C23H33IN4O3. The zero-order chi connectivity index (χ0) is 21.2. The average Bonchev–Trinajstić information content (AvgIpc) is 3.22. The van der Waals surface area contributed by atoms with E-state index in [1.165, 1.54) is 5.56 Å². The summed E-state index contributed by atoms with van der Waals surface area (Å²) in [5.74, 6) is 3.32. The minimum absolute atomic E-state index is 0. The average molecular weight is 540 g/mol. The molecule has 1 aliphatic rings. The first-order chi connectivity index (χ1) is 14.7. The molecule has 0 radical (unpaired) electrons. The molecule has 0 saturated carbocycles. The molecule has 1 aliphatic heterocycles. The third kappa shape index (κ3) is 8.10. The molecule has 1 heterocycles. The maximum Gasteiger partial charge on any atom is 0.191 e. The highest BCUT2D eigenvalue weighted by molar-refractivity contribution is 14.0. The molecule has 0 amide bonds. The van der Waals surface area contributed by atoms with Crippen molar-refractivity contribution in [2.75, 3.05) is 47.5 Å². The second-order valence-electron chi connectivity index (χ2n) is 7.25. The van der Waals surface area contributed by atoms with Crippen LogP contribution in [-0.2, 0) is 6.54 Å². The number of guanidine groups is 1. The van der Waals surface area contributed by atoms with E-state index < -0.39 is 0 Å². The molecule has 2 aromatic rings. The van der Waals surface area contributed by atoms with Crippen LogP contribution in [0.1, 0.15) is 12.0 Å². The van der Waals surface area contributed by atoms with Crippen LogP contribution >= 0.6 is 24.0 Å². The topological polar surface area (TPSA) is 67.4 Å². The van der Waals surface area contributed by atoms with Crippen LogP contribution in [0.3, 0.4) is 0 Å². The molecule has 1 fully saturated rings. The van der Waals surface area contributed by atoms with Crippen LogP contribution < -0.4 is 24.8 Å². The highest BCUT2D eigenvalue weighted by Gasteiger charge is 2.23. The van der Waals surface area contributed by atoms with Gasteiger partial charge in [0.15, 0.2) is 5.96 Å². The van der Waals surface area contributed by atoms with Crippen LogP contribution in [0, 0.1) is 0 Å². The number of benzene rings is 2. The number of hydrogen-bond donors (Lipinski definition) is 2. The normalized spacial score (nSPS) is 16.4. The van der Waals surface area contributed by atoms with Gasteiger partial charge in [-0.15, -0.1) is 24.0 Å². The summed E-state index contributed by atoms with van der Waals surface area (Å²) >= 11 is 0. The highest BCUT2D eigenvalue weighted by Crippen LogP contribution is 2.24. The van der Waals surface area contributed by atoms with Gasteiger partial charge < -0.3 is 24.8 Å². The summed E-state index contributed by atoms with van der Waals surface area (Å²) in [5.41, 5.74) is 1.19. The van der Waals surface area contributed by atoms with Gasteiger partial charge in [0.05, 0.1) is 20.8 Å². The van der Waals surface area contributed by atoms with Gasteiger partial charge in [0.25, 0.3) is 0 Å². The molecule has 1 unspecified atom stereocenters. The number of aliphatic imine (C=N–C) groups is 1. The summed E-state index contributed by atoms with van der Waals surface area (Å²) in [6.07, 6.45) is 1.07. The van der Waals surface area contributed by atoms with Gasteiger partial charge in [-0.05, 0) is 36.2 Å². The standard InChI is InChI=1S/C23H32N4O3.HI/c1-24-23(25-10-12-30-20-7-5-4-6-8-20)26-19-9-11-27(17-19)16-18-13-21(28-2)15-22(14-18)29-3;/h4-8,13-15,19H,9-12,16-17H2,1-3H3,(H2,24,25,26);1H. The highest BCUT2D eigenvalue weighted by atomic mass is 127. The third-order valence-electron chi connectivity index (χ3n) is 5.06. The van der Waals surface area contributed by atoms with Crippen molar-refractivity contribution in [1.82, 2.24) is 15.5 Å². The Morgan fingerprint density at radius 2 is 1.77 bits per heavy atom. The van der Waals surface area contributed by atoms with E-state index in [9.17, 15) is 0 Å². The van der Waals surface area contributed by atoms with Gasteiger partial charge in [0.1, 0.15) is 23.9 Å². The second-order valence-corrected chi connectivity index (χ2v) is 7.25. The fourth-order valence-electron chi connectivity index (χ4n) is 3.55. The van der Waals surface area contributed by atoms with E-state index >= 15 is 0 Å². The van der Waals surface area contributed by atoms with E-state index in [4.69, 9.17) is 14.2 Å². The monoisotopic (exact) mass is 540 g/mol. The Morgan fingerprint density at radius 3 is 2.42 bits per heavy atom. The third-order valence-corrected chi connectivity index (χ3v) is 5.06. The second kappa shape index (κ2) is 13.3. The molecule has 31 heavy (non-hydrogen) atoms. The minimum Gasteiger partial charge on any atom is -0.497 e. The van der Waals surface area contributed by atoms with Gasteiger partial charge in [-0.2, -0.15) is 0 Å². The number of methoxy groups -OCH3 is 2. The van der Waals surface area contributed by atoms with Crippen LogP contribution in [-0.4, -0.2) is 64.4 Å². The lowest BCUT2D eigenvalue weighted by Crippen LogP contribution is -2.45. The molecule has 0 aliphatic carbocycles. The predicted molar refractivity (Wildman–Crippen MR) is 135 cm³/mol. The first kappa shape index (κ1) is 25.1. The zero-order valence-electron chi connectivity index (χ0n) is 18.5. The first-order valence-electron chi connectivity index (χ1n) is 10.3. The van der Waals surface area contributed by atoms with Gasteiger partial charge in [-0.3, -0.25) is 9.89 Å². The lowest BCUT2D eigenvalue weighted by Gasteiger charge is -2.19. The van der Waals surface area contributed by atoms with Crippen molar-refractivity contribution in [2.45, 2.75) is 19.0 Å². The molecule has 3 rings (SSSR count). The van der Waals surface area contributed by atoms with Crippen molar-refractivity contribution in [3.8, 4) is 17.2 Å². The predicted octanol–water partition coefficient (Wildman–Crippen LogP) is 3.14. The number of halogens is 1. The van der Waals surface area contributed by atoms with E-state index in [1.807, 2.05) is 36.4 Å². The Balaban J connectivity index is 0.00000341. The number of nitrogens with one attached hydrogen (secondary N) is 2. The number of hydrogen-bond acceptors (Lipinski definition) is 5. The molecule has 0 bridgehead atoms. The number of nitrogens with zero attached hydrogens (tertiary/aromatic N) is 2. The largest absolute Gasteiger partial charge is 0.497 e. The number of para-hydroxylation sites is 1. The maximum atomic E-state index is 5.72. The van der Waals surface area contributed by atoms with Crippen LogP contribution in [0.25, 0.3) is 0 Å². The molecule has 2 N–H and O–H groups in total. The smallest absolute Gasteiger partial charge is 0.191 e. The summed E-state index contributed by atoms with van der Waals surface area (Å²) in [4.78, 5) is 6.77. The van der Waals surface area contributed by atoms with E-state index in [0.717, 1.165) is 49.3 Å². The van der Waals surface area contributed by atoms with E-state index in [2.05, 4.69) is 32.7 Å². The Morgan fingerprint density at radius 1 is 1.06 bits per heavy atom. The van der Waals surface area contributed by atoms with E-state index in [1.54, 1.807) is 21.3 Å². The Kier molecular flexibility index (Phi) is 10.7. The van der Waals surface area contributed by atoms with Gasteiger partial charge in [0, 0.05) is 38.8 Å². The summed E-state index contributed by atoms with van der Waals surface area (Å²) in [5, 5.41) is 6.84. The molecule has 1 atom stereocenters. The number of ether oxygens (including phenoxy) is 3. The van der Waals surface area contributed by atoms with Crippen molar-refractivity contribution >= 4 is 29.9 Å². The molecule has 7 nitrogen and oxygen atoms in total. The SMILES string of the molecule is CN=C(NCCOc1ccccc1)NC1CCN(Cc2cc(OC)cc(OC)c2)C1.I. The molecule has 1 saturated heterocycles. The quantitative estimate of drug-likeness (QED) is 0.221. The van der Waals surface area contributed by atoms with Crippen molar-refractivity contribution < 1.29 is 14.2 Å². The minimum atomic E-state index is 0. The summed E-state index contributed by atoms with van der Waals surface area (Å²) in [7, 11) is 5.15. The van der Waals surface area contributed by atoms with Crippen molar-refractivity contribution in [2.24, 2.45) is 4.99 Å². The van der Waals surface area contributed by atoms with Crippen molar-refractivity contribution in [1.29, 1.82) is 0 Å². The van der Waals surface area contributed by atoms with Crippen molar-refractivity contribution in [3.63, 3.8) is 0 Å². The van der Waals surface area contributed by atoms with Crippen LogP contribution in [0.5, 0.6) is 17.2 Å². The first-order valence-corrected chi connectivity index (χ1v) is 10.3. The lowest BCUT2D eigenvalue weighted by molar-refractivity contribution is 0.318. The molecule has 0 spiro atoms. The Bertz CT molecular complexity index is 797. The Hall–Kier alpha value is -2.20. The molecule has 2 aromatic carbocycles. The van der Waals surface area contributed by atoms with Crippen LogP contribution in [0.2, 0.25) is 0 Å². The van der Waals surface area contributed by atoms with Crippen LogP contribution in [0.15, 0.2) is 53.5 Å². The van der Waals surface area contributed by atoms with Gasteiger partial charge in [0.2, 0.25) is 0 Å². The molecule has 0 aromatic heterocycles. The van der Waals surface area contributed by atoms with Gasteiger partial charge in [-0.25, -0.2) is 0 Å². The van der Waals surface area contributed by atoms with E-state index in [0.29, 0.717) is 19.2 Å². The maximum absolute atomic E-state index is 5.72. The Labute approximate surface area is 202 Å². The van der Waals surface area contributed by atoms with Gasteiger partial charge in [-0.1, -0.05) is 18.2 Å². The van der Waals surface area contributed by atoms with Crippen LogP contribution in [0.4, 0.5) is 0 Å². The molecular weight excluding hydrogens is 507 g/mol. The molecule has 8 heteroatoms. The summed E-state index contributed by atoms with van der Waals surface area (Å²) in [6.45, 7) is 4.13. The fraction of sp³-hybridized carbons (Fsp3) is 0.435. The van der Waals surface area contributed by atoms with Gasteiger partial charge >= 0.3 is 0 Å². The summed E-state index contributed by atoms with van der Waals surface area (Å²) < 4.78 is 16.5. The van der Waals surface area contributed by atoms with E-state index in [-0.39, 0.29) is 24.0 Å².